The Balaban J connectivity index is 0.00000280. The standard InChI is InChI=1S/C21H24N2O3S.BrH/c1-3-26-19-11-7-17(8-12-19)22-21-23(13-4-14-24)20(15-27-21)16-5-9-18(25-2)10-6-16;/h5-12,15,24H,3-4,13-14H2,1-2H3;1H. The molecule has 0 amide bonds. The summed E-state index contributed by atoms with van der Waals surface area (Å²) in [5.41, 5.74) is 3.05. The van der Waals surface area contributed by atoms with Crippen LogP contribution in [0.25, 0.3) is 11.3 Å². The van der Waals surface area contributed by atoms with Crippen LogP contribution in [0.3, 0.4) is 0 Å². The van der Waals surface area contributed by atoms with Crippen LogP contribution in [0.4, 0.5) is 5.69 Å². The second-order valence-corrected chi connectivity index (χ2v) is 6.74. The van der Waals surface area contributed by atoms with Crippen molar-refractivity contribution in [2.24, 2.45) is 4.99 Å². The number of hydrogen-bond acceptors (Lipinski definition) is 5. The van der Waals surface area contributed by atoms with E-state index in [1.807, 2.05) is 55.5 Å². The van der Waals surface area contributed by atoms with Gasteiger partial charge < -0.3 is 19.1 Å². The second kappa shape index (κ2) is 11.0. The zero-order chi connectivity index (χ0) is 19.1. The highest BCUT2D eigenvalue weighted by Gasteiger charge is 2.08. The molecule has 0 bridgehead atoms. The van der Waals surface area contributed by atoms with Gasteiger partial charge in [0.05, 0.1) is 25.1 Å². The molecule has 1 heterocycles. The zero-order valence-electron chi connectivity index (χ0n) is 16.0. The molecule has 150 valence electrons. The molecule has 5 nitrogen and oxygen atoms in total. The lowest BCUT2D eigenvalue weighted by Crippen LogP contribution is -2.16. The van der Waals surface area contributed by atoms with Gasteiger partial charge in [0.2, 0.25) is 0 Å². The quantitative estimate of drug-likeness (QED) is 0.519. The minimum Gasteiger partial charge on any atom is -0.497 e. The van der Waals surface area contributed by atoms with E-state index in [0.717, 1.165) is 33.2 Å². The lowest BCUT2D eigenvalue weighted by Gasteiger charge is -2.09. The summed E-state index contributed by atoms with van der Waals surface area (Å²) in [5.74, 6) is 1.67. The lowest BCUT2D eigenvalue weighted by atomic mass is 10.1. The van der Waals surface area contributed by atoms with E-state index >= 15 is 0 Å². The molecule has 7 heteroatoms. The van der Waals surface area contributed by atoms with Crippen molar-refractivity contribution in [3.63, 3.8) is 0 Å². The van der Waals surface area contributed by atoms with Gasteiger partial charge in [0.15, 0.2) is 4.80 Å². The van der Waals surface area contributed by atoms with Crippen molar-refractivity contribution in [3.05, 3.63) is 58.7 Å². The lowest BCUT2D eigenvalue weighted by molar-refractivity contribution is 0.279. The highest BCUT2D eigenvalue weighted by atomic mass is 79.9. The molecule has 0 aliphatic rings. The molecule has 28 heavy (non-hydrogen) atoms. The van der Waals surface area contributed by atoms with Gasteiger partial charge in [-0.15, -0.1) is 28.3 Å². The maximum absolute atomic E-state index is 9.29. The maximum Gasteiger partial charge on any atom is 0.190 e. The van der Waals surface area contributed by atoms with Gasteiger partial charge in [-0.25, -0.2) is 4.99 Å². The van der Waals surface area contributed by atoms with Crippen LogP contribution < -0.4 is 14.3 Å². The Bertz CT molecular complexity index is 918. The Kier molecular flexibility index (Phi) is 8.76. The Morgan fingerprint density at radius 2 is 1.71 bits per heavy atom. The minimum atomic E-state index is 0. The van der Waals surface area contributed by atoms with E-state index in [1.165, 1.54) is 0 Å². The number of thiazole rings is 1. The van der Waals surface area contributed by atoms with Crippen LogP contribution in [0.15, 0.2) is 58.9 Å². The number of nitrogens with zero attached hydrogens (tertiary/aromatic N) is 2. The molecule has 3 rings (SSSR count). The highest BCUT2D eigenvalue weighted by molar-refractivity contribution is 8.93. The van der Waals surface area contributed by atoms with Crippen LogP contribution >= 0.6 is 28.3 Å². The van der Waals surface area contributed by atoms with Gasteiger partial charge in [-0.3, -0.25) is 0 Å². The molecule has 0 aliphatic carbocycles. The Morgan fingerprint density at radius 3 is 2.32 bits per heavy atom. The van der Waals surface area contributed by atoms with Crippen LogP contribution in [0.5, 0.6) is 11.5 Å². The van der Waals surface area contributed by atoms with Crippen molar-refractivity contribution in [2.45, 2.75) is 19.9 Å². The molecule has 2 aromatic carbocycles. The molecule has 0 aliphatic heterocycles. The predicted octanol–water partition coefficient (Wildman–Crippen LogP) is 4.82. The largest absolute Gasteiger partial charge is 0.497 e. The van der Waals surface area contributed by atoms with E-state index in [-0.39, 0.29) is 23.6 Å². The molecule has 0 fully saturated rings. The minimum absolute atomic E-state index is 0. The maximum atomic E-state index is 9.29. The number of aliphatic hydroxyl groups is 1. The molecule has 0 saturated heterocycles. The molecule has 0 unspecified atom stereocenters. The molecule has 0 radical (unpaired) electrons. The second-order valence-electron chi connectivity index (χ2n) is 5.90. The summed E-state index contributed by atoms with van der Waals surface area (Å²) in [6.07, 6.45) is 0.677. The Hall–Kier alpha value is -2.09. The van der Waals surface area contributed by atoms with Crippen molar-refractivity contribution in [1.29, 1.82) is 0 Å². The number of aromatic nitrogens is 1. The summed E-state index contributed by atoms with van der Waals surface area (Å²) < 4.78 is 12.9. The van der Waals surface area contributed by atoms with Crippen molar-refractivity contribution >= 4 is 34.0 Å². The normalized spacial score (nSPS) is 11.2. The van der Waals surface area contributed by atoms with Crippen molar-refractivity contribution in [1.82, 2.24) is 4.57 Å². The van der Waals surface area contributed by atoms with Gasteiger partial charge in [-0.05, 0) is 67.4 Å². The van der Waals surface area contributed by atoms with Crippen LogP contribution in [0.1, 0.15) is 13.3 Å². The number of rotatable bonds is 8. The summed E-state index contributed by atoms with van der Waals surface area (Å²) in [7, 11) is 1.66. The van der Waals surface area contributed by atoms with Crippen LogP contribution in [0.2, 0.25) is 0 Å². The van der Waals surface area contributed by atoms with E-state index in [9.17, 15) is 5.11 Å². The Morgan fingerprint density at radius 1 is 1.04 bits per heavy atom. The van der Waals surface area contributed by atoms with Gasteiger partial charge in [0, 0.05) is 18.5 Å². The summed E-state index contributed by atoms with van der Waals surface area (Å²) >= 11 is 1.59. The third kappa shape index (κ3) is 5.47. The zero-order valence-corrected chi connectivity index (χ0v) is 18.5. The number of halogens is 1. The summed E-state index contributed by atoms with van der Waals surface area (Å²) in [6.45, 7) is 3.47. The van der Waals surface area contributed by atoms with E-state index in [4.69, 9.17) is 14.5 Å². The molecule has 0 saturated carbocycles. The summed E-state index contributed by atoms with van der Waals surface area (Å²) in [5, 5.41) is 11.4. The third-order valence-electron chi connectivity index (χ3n) is 4.10. The van der Waals surface area contributed by atoms with Gasteiger partial charge in [0.1, 0.15) is 11.5 Å². The van der Waals surface area contributed by atoms with Crippen molar-refractivity contribution < 1.29 is 14.6 Å². The third-order valence-corrected chi connectivity index (χ3v) is 4.96. The molecule has 3 aromatic rings. The predicted molar refractivity (Wildman–Crippen MR) is 119 cm³/mol. The fraction of sp³-hybridized carbons (Fsp3) is 0.286. The number of hydrogen-bond donors (Lipinski definition) is 1. The molecule has 1 aromatic heterocycles. The van der Waals surface area contributed by atoms with Crippen LogP contribution in [0, 0.1) is 0 Å². The molecular formula is C21H25BrN2O3S. The first-order valence-corrected chi connectivity index (χ1v) is 9.84. The molecule has 0 spiro atoms. The number of aliphatic hydroxyl groups excluding tert-OH is 1. The first-order chi connectivity index (χ1) is 13.2. The van der Waals surface area contributed by atoms with Gasteiger partial charge in [-0.2, -0.15) is 0 Å². The van der Waals surface area contributed by atoms with Crippen LogP contribution in [-0.4, -0.2) is 30.0 Å². The molecule has 0 atom stereocenters. The van der Waals surface area contributed by atoms with Crippen molar-refractivity contribution in [3.8, 4) is 22.8 Å². The van der Waals surface area contributed by atoms with Crippen molar-refractivity contribution in [2.75, 3.05) is 20.3 Å². The van der Waals surface area contributed by atoms with Gasteiger partial charge >= 0.3 is 0 Å². The number of ether oxygens (including phenoxy) is 2. The number of methoxy groups -OCH3 is 1. The van der Waals surface area contributed by atoms with E-state index in [1.54, 1.807) is 18.4 Å². The first-order valence-electron chi connectivity index (χ1n) is 8.96. The smallest absolute Gasteiger partial charge is 0.190 e. The fourth-order valence-corrected chi connectivity index (χ4v) is 3.71. The molecule has 1 N–H and O–H groups in total. The summed E-state index contributed by atoms with van der Waals surface area (Å²) in [4.78, 5) is 5.70. The van der Waals surface area contributed by atoms with E-state index < -0.39 is 0 Å². The average Bonchev–Trinajstić information content (AvgIpc) is 3.10. The number of benzene rings is 2. The average molecular weight is 465 g/mol. The van der Waals surface area contributed by atoms with E-state index in [0.29, 0.717) is 19.6 Å². The van der Waals surface area contributed by atoms with E-state index in [2.05, 4.69) is 9.95 Å². The topological polar surface area (TPSA) is 56.0 Å². The first kappa shape index (κ1) is 22.2. The monoisotopic (exact) mass is 464 g/mol. The Labute approximate surface area is 179 Å². The SMILES string of the molecule is Br.CCOc1ccc(N=c2scc(-c3ccc(OC)cc3)n2CCCO)cc1. The fourth-order valence-electron chi connectivity index (χ4n) is 2.75. The van der Waals surface area contributed by atoms with Crippen LogP contribution in [-0.2, 0) is 6.54 Å². The highest BCUT2D eigenvalue weighted by Crippen LogP contribution is 2.24. The summed E-state index contributed by atoms with van der Waals surface area (Å²) in [6, 6.07) is 15.7. The molecular weight excluding hydrogens is 440 g/mol. The van der Waals surface area contributed by atoms with Gasteiger partial charge in [-0.1, -0.05) is 0 Å². The van der Waals surface area contributed by atoms with Gasteiger partial charge in [0.25, 0.3) is 0 Å².